The van der Waals surface area contributed by atoms with Crippen molar-refractivity contribution < 1.29 is 9.53 Å². The molecular formula is C12H22N4O2. The highest BCUT2D eigenvalue weighted by atomic mass is 16.5. The van der Waals surface area contributed by atoms with Crippen LogP contribution in [0.15, 0.2) is 6.33 Å². The number of unbranched alkanes of at least 4 members (excludes halogenated alkanes) is 2. The van der Waals surface area contributed by atoms with E-state index in [9.17, 15) is 4.79 Å². The van der Waals surface area contributed by atoms with Gasteiger partial charge in [-0.3, -0.25) is 9.48 Å². The van der Waals surface area contributed by atoms with Gasteiger partial charge in [0.2, 0.25) is 5.91 Å². The number of rotatable bonds is 8. The standard InChI is InChI=1S/C12H22N4O2/c1-10(12-13-9-14-16(12)2)15-11(17)7-5-4-6-8-18-3/h9-10H,4-8H2,1-3H3,(H,15,17)/t10-/m0/s1. The van der Waals surface area contributed by atoms with E-state index in [-0.39, 0.29) is 11.9 Å². The van der Waals surface area contributed by atoms with E-state index in [0.29, 0.717) is 6.42 Å². The lowest BCUT2D eigenvalue weighted by molar-refractivity contribution is -0.121. The molecule has 1 atom stereocenters. The molecule has 6 heteroatoms. The minimum absolute atomic E-state index is 0.0583. The smallest absolute Gasteiger partial charge is 0.220 e. The molecule has 18 heavy (non-hydrogen) atoms. The first-order valence-electron chi connectivity index (χ1n) is 6.27. The molecular weight excluding hydrogens is 232 g/mol. The average Bonchev–Trinajstić information content (AvgIpc) is 2.75. The van der Waals surface area contributed by atoms with Gasteiger partial charge in [-0.25, -0.2) is 4.98 Å². The van der Waals surface area contributed by atoms with Crippen LogP contribution in [0.3, 0.4) is 0 Å². The van der Waals surface area contributed by atoms with Gasteiger partial charge in [-0.1, -0.05) is 6.42 Å². The summed E-state index contributed by atoms with van der Waals surface area (Å²) in [6, 6.07) is -0.107. The summed E-state index contributed by atoms with van der Waals surface area (Å²) in [5, 5.41) is 6.90. The molecule has 6 nitrogen and oxygen atoms in total. The number of hydrogen-bond acceptors (Lipinski definition) is 4. The Morgan fingerprint density at radius 2 is 2.28 bits per heavy atom. The summed E-state index contributed by atoms with van der Waals surface area (Å²) < 4.78 is 6.63. The van der Waals surface area contributed by atoms with Crippen LogP contribution in [0.5, 0.6) is 0 Å². The molecule has 0 aromatic carbocycles. The molecule has 0 aliphatic heterocycles. The van der Waals surface area contributed by atoms with Crippen LogP contribution in [0.1, 0.15) is 44.5 Å². The first-order valence-corrected chi connectivity index (χ1v) is 6.27. The summed E-state index contributed by atoms with van der Waals surface area (Å²) in [6.07, 6.45) is 4.94. The van der Waals surface area contributed by atoms with Crippen molar-refractivity contribution in [1.29, 1.82) is 0 Å². The Morgan fingerprint density at radius 3 is 2.89 bits per heavy atom. The van der Waals surface area contributed by atoms with Gasteiger partial charge in [0.15, 0.2) is 0 Å². The molecule has 102 valence electrons. The minimum atomic E-state index is -0.107. The van der Waals surface area contributed by atoms with Crippen LogP contribution in [0.2, 0.25) is 0 Å². The first kappa shape index (κ1) is 14.6. The summed E-state index contributed by atoms with van der Waals surface area (Å²) >= 11 is 0. The van der Waals surface area contributed by atoms with Crippen molar-refractivity contribution in [2.75, 3.05) is 13.7 Å². The van der Waals surface area contributed by atoms with Crippen molar-refractivity contribution in [3.8, 4) is 0 Å². The van der Waals surface area contributed by atoms with Crippen molar-refractivity contribution in [2.24, 2.45) is 7.05 Å². The summed E-state index contributed by atoms with van der Waals surface area (Å²) in [4.78, 5) is 15.8. The number of amides is 1. The second kappa shape index (κ2) is 7.81. The predicted octanol–water partition coefficient (Wildman–Crippen LogP) is 1.20. The number of carbonyl (C=O) groups is 1. The molecule has 1 aromatic heterocycles. The Balaban J connectivity index is 2.22. The summed E-state index contributed by atoms with van der Waals surface area (Å²) in [5.74, 6) is 0.825. The van der Waals surface area contributed by atoms with Crippen LogP contribution in [0.4, 0.5) is 0 Å². The molecule has 1 N–H and O–H groups in total. The minimum Gasteiger partial charge on any atom is -0.385 e. The van der Waals surface area contributed by atoms with Gasteiger partial charge in [-0.15, -0.1) is 0 Å². The van der Waals surface area contributed by atoms with E-state index in [2.05, 4.69) is 15.4 Å². The van der Waals surface area contributed by atoms with E-state index in [1.807, 2.05) is 14.0 Å². The molecule has 0 radical (unpaired) electrons. The van der Waals surface area contributed by atoms with Gasteiger partial charge in [0.05, 0.1) is 6.04 Å². The summed E-state index contributed by atoms with van der Waals surface area (Å²) in [7, 11) is 3.50. The fourth-order valence-electron chi connectivity index (χ4n) is 1.78. The highest BCUT2D eigenvalue weighted by Crippen LogP contribution is 2.08. The number of hydrogen-bond donors (Lipinski definition) is 1. The number of carbonyl (C=O) groups excluding carboxylic acids is 1. The molecule has 0 aliphatic rings. The molecule has 0 aliphatic carbocycles. The van der Waals surface area contributed by atoms with E-state index in [4.69, 9.17) is 4.74 Å². The molecule has 0 spiro atoms. The van der Waals surface area contributed by atoms with E-state index in [1.54, 1.807) is 11.8 Å². The summed E-state index contributed by atoms with van der Waals surface area (Å²) in [6.45, 7) is 2.67. The second-order valence-electron chi connectivity index (χ2n) is 4.33. The molecule has 0 saturated heterocycles. The van der Waals surface area contributed by atoms with Gasteiger partial charge in [0.25, 0.3) is 0 Å². The topological polar surface area (TPSA) is 69.0 Å². The van der Waals surface area contributed by atoms with Crippen LogP contribution in [-0.2, 0) is 16.6 Å². The van der Waals surface area contributed by atoms with Crippen molar-refractivity contribution in [3.63, 3.8) is 0 Å². The zero-order chi connectivity index (χ0) is 13.4. The maximum absolute atomic E-state index is 11.7. The van der Waals surface area contributed by atoms with Crippen LogP contribution in [-0.4, -0.2) is 34.4 Å². The fraction of sp³-hybridized carbons (Fsp3) is 0.750. The quantitative estimate of drug-likeness (QED) is 0.708. The van der Waals surface area contributed by atoms with Gasteiger partial charge < -0.3 is 10.1 Å². The van der Waals surface area contributed by atoms with Crippen LogP contribution < -0.4 is 5.32 Å². The molecule has 0 saturated carbocycles. The Kier molecular flexibility index (Phi) is 6.35. The van der Waals surface area contributed by atoms with Crippen LogP contribution in [0.25, 0.3) is 0 Å². The molecule has 1 amide bonds. The van der Waals surface area contributed by atoms with E-state index >= 15 is 0 Å². The molecule has 1 aromatic rings. The van der Waals surface area contributed by atoms with Crippen molar-refractivity contribution >= 4 is 5.91 Å². The third-order valence-corrected chi connectivity index (χ3v) is 2.76. The van der Waals surface area contributed by atoms with E-state index < -0.39 is 0 Å². The van der Waals surface area contributed by atoms with Crippen molar-refractivity contribution in [1.82, 2.24) is 20.1 Å². The third-order valence-electron chi connectivity index (χ3n) is 2.76. The molecule has 0 unspecified atom stereocenters. The summed E-state index contributed by atoms with van der Waals surface area (Å²) in [5.41, 5.74) is 0. The van der Waals surface area contributed by atoms with Gasteiger partial charge in [0.1, 0.15) is 12.2 Å². The largest absolute Gasteiger partial charge is 0.385 e. The highest BCUT2D eigenvalue weighted by molar-refractivity contribution is 5.76. The van der Waals surface area contributed by atoms with Gasteiger partial charge in [0, 0.05) is 27.2 Å². The Morgan fingerprint density at radius 1 is 1.50 bits per heavy atom. The lowest BCUT2D eigenvalue weighted by Gasteiger charge is -2.12. The van der Waals surface area contributed by atoms with E-state index in [0.717, 1.165) is 31.7 Å². The monoisotopic (exact) mass is 254 g/mol. The van der Waals surface area contributed by atoms with E-state index in [1.165, 1.54) is 6.33 Å². The number of ether oxygens (including phenoxy) is 1. The Bertz CT molecular complexity index is 365. The molecule has 1 rings (SSSR count). The van der Waals surface area contributed by atoms with Crippen molar-refractivity contribution in [3.05, 3.63) is 12.2 Å². The molecule has 0 fully saturated rings. The number of aromatic nitrogens is 3. The number of nitrogens with zero attached hydrogens (tertiary/aromatic N) is 3. The number of methoxy groups -OCH3 is 1. The van der Waals surface area contributed by atoms with Crippen molar-refractivity contribution in [2.45, 2.75) is 38.6 Å². The molecule has 1 heterocycles. The van der Waals surface area contributed by atoms with Gasteiger partial charge >= 0.3 is 0 Å². The normalized spacial score (nSPS) is 12.4. The molecule has 0 bridgehead atoms. The SMILES string of the molecule is COCCCCCC(=O)N[C@@H](C)c1ncnn1C. The number of nitrogens with one attached hydrogen (secondary N) is 1. The fourth-order valence-corrected chi connectivity index (χ4v) is 1.78. The Labute approximate surface area is 108 Å². The lowest BCUT2D eigenvalue weighted by Crippen LogP contribution is -2.28. The zero-order valence-corrected chi connectivity index (χ0v) is 11.3. The van der Waals surface area contributed by atoms with Crippen LogP contribution >= 0.6 is 0 Å². The van der Waals surface area contributed by atoms with Gasteiger partial charge in [-0.2, -0.15) is 5.10 Å². The maximum Gasteiger partial charge on any atom is 0.220 e. The van der Waals surface area contributed by atoms with Crippen LogP contribution in [0, 0.1) is 0 Å². The second-order valence-corrected chi connectivity index (χ2v) is 4.33. The Hall–Kier alpha value is -1.43. The number of aryl methyl sites for hydroxylation is 1. The average molecular weight is 254 g/mol. The predicted molar refractivity (Wildman–Crippen MR) is 67.9 cm³/mol. The highest BCUT2D eigenvalue weighted by Gasteiger charge is 2.13. The third kappa shape index (κ3) is 4.83. The lowest BCUT2D eigenvalue weighted by atomic mass is 10.2. The van der Waals surface area contributed by atoms with Gasteiger partial charge in [-0.05, 0) is 19.8 Å². The zero-order valence-electron chi connectivity index (χ0n) is 11.3. The first-order chi connectivity index (χ1) is 8.65. The maximum atomic E-state index is 11.7.